The van der Waals surface area contributed by atoms with Crippen molar-refractivity contribution in [2.45, 2.75) is 45.6 Å². The van der Waals surface area contributed by atoms with E-state index < -0.39 is 0 Å². The molecule has 2 aliphatic heterocycles. The van der Waals surface area contributed by atoms with Gasteiger partial charge in [-0.1, -0.05) is 0 Å². The fraction of sp³-hybridized carbons (Fsp3) is 0.609. The average Bonchev–Trinajstić information content (AvgIpc) is 3.20. The van der Waals surface area contributed by atoms with E-state index in [2.05, 4.69) is 21.8 Å². The summed E-state index contributed by atoms with van der Waals surface area (Å²) >= 11 is 0. The lowest BCUT2D eigenvalue weighted by Crippen LogP contribution is -2.42. The van der Waals surface area contributed by atoms with Gasteiger partial charge in [0.25, 0.3) is 5.91 Å². The zero-order chi connectivity index (χ0) is 20.9. The second kappa shape index (κ2) is 9.60. The van der Waals surface area contributed by atoms with Crippen LogP contribution in [0.4, 0.5) is 0 Å². The van der Waals surface area contributed by atoms with Gasteiger partial charge in [0.2, 0.25) is 5.91 Å². The molecule has 7 nitrogen and oxygen atoms in total. The number of imidazole rings is 1. The Morgan fingerprint density at radius 3 is 2.83 bits per heavy atom. The van der Waals surface area contributed by atoms with Gasteiger partial charge >= 0.3 is 0 Å². The number of carbonyl (C=O) groups excluding carboxylic acids is 2. The maximum absolute atomic E-state index is 13.1. The van der Waals surface area contributed by atoms with Gasteiger partial charge in [-0.15, -0.1) is 0 Å². The first-order chi connectivity index (χ1) is 14.6. The van der Waals surface area contributed by atoms with Crippen LogP contribution in [-0.4, -0.2) is 59.1 Å². The van der Waals surface area contributed by atoms with Crippen molar-refractivity contribution < 1.29 is 14.3 Å². The van der Waals surface area contributed by atoms with Crippen LogP contribution >= 0.6 is 0 Å². The Morgan fingerprint density at radius 1 is 1.20 bits per heavy atom. The molecule has 2 fully saturated rings. The number of aromatic nitrogens is 2. The lowest BCUT2D eigenvalue weighted by molar-refractivity contribution is -0.122. The molecule has 1 aromatic heterocycles. The Balaban J connectivity index is 1.31. The molecular weight excluding hydrogens is 380 g/mol. The van der Waals surface area contributed by atoms with Crippen LogP contribution in [0.3, 0.4) is 0 Å². The van der Waals surface area contributed by atoms with Gasteiger partial charge < -0.3 is 19.5 Å². The molecule has 0 spiro atoms. The van der Waals surface area contributed by atoms with Crippen LogP contribution < -0.4 is 5.32 Å². The molecule has 162 valence electrons. The Labute approximate surface area is 177 Å². The molecule has 0 aliphatic carbocycles. The van der Waals surface area contributed by atoms with Crippen molar-refractivity contribution in [2.75, 3.05) is 32.8 Å². The highest BCUT2D eigenvalue weighted by Crippen LogP contribution is 2.23. The van der Waals surface area contributed by atoms with E-state index in [9.17, 15) is 9.59 Å². The molecule has 1 N–H and O–H groups in total. The van der Waals surface area contributed by atoms with Crippen molar-refractivity contribution in [2.24, 2.45) is 11.8 Å². The molecule has 1 atom stereocenters. The number of hydrogen-bond acceptors (Lipinski definition) is 4. The third-order valence-corrected chi connectivity index (χ3v) is 6.42. The molecule has 1 aromatic carbocycles. The summed E-state index contributed by atoms with van der Waals surface area (Å²) < 4.78 is 7.44. The molecule has 3 heterocycles. The maximum Gasteiger partial charge on any atom is 0.253 e. The van der Waals surface area contributed by atoms with Crippen molar-refractivity contribution in [3.8, 4) is 0 Å². The molecule has 2 saturated heterocycles. The van der Waals surface area contributed by atoms with Gasteiger partial charge in [0.1, 0.15) is 0 Å². The summed E-state index contributed by atoms with van der Waals surface area (Å²) in [6.07, 6.45) is 6.28. The number of aryl methyl sites for hydroxylation is 1. The largest absolute Gasteiger partial charge is 0.381 e. The fourth-order valence-electron chi connectivity index (χ4n) is 4.59. The molecule has 2 aliphatic rings. The third kappa shape index (κ3) is 4.83. The van der Waals surface area contributed by atoms with Crippen LogP contribution in [0.15, 0.2) is 24.5 Å². The predicted molar refractivity (Wildman–Crippen MR) is 115 cm³/mol. The second-order valence-electron chi connectivity index (χ2n) is 8.56. The minimum absolute atomic E-state index is 0.0373. The Morgan fingerprint density at radius 2 is 2.03 bits per heavy atom. The monoisotopic (exact) mass is 412 g/mol. The topological polar surface area (TPSA) is 76.5 Å². The van der Waals surface area contributed by atoms with E-state index >= 15 is 0 Å². The molecule has 2 aromatic rings. The number of nitrogens with one attached hydrogen (secondary N) is 1. The van der Waals surface area contributed by atoms with Crippen LogP contribution in [0.1, 0.15) is 49.4 Å². The summed E-state index contributed by atoms with van der Waals surface area (Å²) in [6, 6.07) is 5.75. The maximum atomic E-state index is 13.1. The number of hydrogen-bond donors (Lipinski definition) is 1. The van der Waals surface area contributed by atoms with E-state index in [-0.39, 0.29) is 17.7 Å². The van der Waals surface area contributed by atoms with Crippen LogP contribution in [0.2, 0.25) is 0 Å². The van der Waals surface area contributed by atoms with E-state index in [1.165, 1.54) is 0 Å². The van der Waals surface area contributed by atoms with E-state index in [1.54, 1.807) is 0 Å². The van der Waals surface area contributed by atoms with E-state index in [4.69, 9.17) is 4.74 Å². The first kappa shape index (κ1) is 20.8. The Kier molecular flexibility index (Phi) is 6.67. The minimum atomic E-state index is 0.0373. The van der Waals surface area contributed by atoms with Gasteiger partial charge in [-0.3, -0.25) is 9.59 Å². The number of fused-ring (bicyclic) bond motifs is 1. The normalized spacial score (nSPS) is 20.4. The SMILES string of the molecule is CCn1cnc2cc(C(=O)N3CCC[C@@H](CC(=O)NCC4CCOCC4)C3)ccc21. The highest BCUT2D eigenvalue weighted by atomic mass is 16.5. The van der Waals surface area contributed by atoms with Crippen LogP contribution in [0.25, 0.3) is 11.0 Å². The molecular formula is C23H32N4O3. The molecule has 30 heavy (non-hydrogen) atoms. The van der Waals surface area contributed by atoms with Gasteiger partial charge in [-0.2, -0.15) is 0 Å². The number of ether oxygens (including phenoxy) is 1. The predicted octanol–water partition coefficient (Wildman–Crippen LogP) is 2.84. The van der Waals surface area contributed by atoms with Crippen LogP contribution in [-0.2, 0) is 16.1 Å². The molecule has 0 radical (unpaired) electrons. The summed E-state index contributed by atoms with van der Waals surface area (Å²) in [6.45, 7) is 6.66. The average molecular weight is 413 g/mol. The van der Waals surface area contributed by atoms with Gasteiger partial charge in [-0.25, -0.2) is 4.98 Å². The zero-order valence-corrected chi connectivity index (χ0v) is 17.8. The number of piperidine rings is 1. The van der Waals surface area contributed by atoms with Crippen LogP contribution in [0.5, 0.6) is 0 Å². The first-order valence-corrected chi connectivity index (χ1v) is 11.2. The Bertz CT molecular complexity index is 888. The molecule has 7 heteroatoms. The van der Waals surface area contributed by atoms with E-state index in [0.29, 0.717) is 24.4 Å². The standard InChI is InChI=1S/C23H32N4O3/c1-2-26-16-25-20-13-19(5-6-21(20)26)23(29)27-9-3-4-18(15-27)12-22(28)24-14-17-7-10-30-11-8-17/h5-6,13,16-18H,2-4,7-12,14-15H2,1H3,(H,24,28)/t18-/m0/s1. The number of rotatable bonds is 6. The molecule has 4 rings (SSSR count). The van der Waals surface area contributed by atoms with Gasteiger partial charge in [0.05, 0.1) is 17.4 Å². The number of amides is 2. The van der Waals surface area contributed by atoms with E-state index in [0.717, 1.165) is 69.6 Å². The highest BCUT2D eigenvalue weighted by Gasteiger charge is 2.26. The van der Waals surface area contributed by atoms with Crippen molar-refractivity contribution in [1.82, 2.24) is 19.8 Å². The molecule has 0 bridgehead atoms. The number of likely N-dealkylation sites (tertiary alicyclic amines) is 1. The number of nitrogens with zero attached hydrogens (tertiary/aromatic N) is 3. The minimum Gasteiger partial charge on any atom is -0.381 e. The van der Waals surface area contributed by atoms with Crippen molar-refractivity contribution in [1.29, 1.82) is 0 Å². The second-order valence-corrected chi connectivity index (χ2v) is 8.56. The van der Waals surface area contributed by atoms with Crippen molar-refractivity contribution >= 4 is 22.8 Å². The highest BCUT2D eigenvalue weighted by molar-refractivity contribution is 5.97. The molecule has 0 unspecified atom stereocenters. The molecule has 0 saturated carbocycles. The Hall–Kier alpha value is -2.41. The number of carbonyl (C=O) groups is 2. The number of benzene rings is 1. The van der Waals surface area contributed by atoms with Crippen molar-refractivity contribution in [3.63, 3.8) is 0 Å². The summed E-state index contributed by atoms with van der Waals surface area (Å²) in [5.74, 6) is 0.890. The quantitative estimate of drug-likeness (QED) is 0.792. The fourth-order valence-corrected chi connectivity index (χ4v) is 4.59. The summed E-state index contributed by atoms with van der Waals surface area (Å²) in [4.78, 5) is 31.8. The third-order valence-electron chi connectivity index (χ3n) is 6.42. The smallest absolute Gasteiger partial charge is 0.253 e. The molecule has 2 amide bonds. The van der Waals surface area contributed by atoms with Gasteiger partial charge in [0.15, 0.2) is 0 Å². The zero-order valence-electron chi connectivity index (χ0n) is 17.8. The van der Waals surface area contributed by atoms with Gasteiger partial charge in [0, 0.05) is 51.4 Å². The summed E-state index contributed by atoms with van der Waals surface area (Å²) in [7, 11) is 0. The summed E-state index contributed by atoms with van der Waals surface area (Å²) in [5, 5.41) is 3.09. The lowest BCUT2D eigenvalue weighted by atomic mass is 9.93. The lowest BCUT2D eigenvalue weighted by Gasteiger charge is -2.32. The van der Waals surface area contributed by atoms with Gasteiger partial charge in [-0.05, 0) is 62.6 Å². The first-order valence-electron chi connectivity index (χ1n) is 11.2. The van der Waals surface area contributed by atoms with Crippen molar-refractivity contribution in [3.05, 3.63) is 30.1 Å². The summed E-state index contributed by atoms with van der Waals surface area (Å²) in [5.41, 5.74) is 2.57. The van der Waals surface area contributed by atoms with Crippen LogP contribution in [0, 0.1) is 11.8 Å². The van der Waals surface area contributed by atoms with E-state index in [1.807, 2.05) is 29.4 Å².